The lowest BCUT2D eigenvalue weighted by molar-refractivity contribution is 0.102. The Morgan fingerprint density at radius 2 is 1.85 bits per heavy atom. The summed E-state index contributed by atoms with van der Waals surface area (Å²) in [5.74, 6) is -1.89. The van der Waals surface area contributed by atoms with Gasteiger partial charge < -0.3 is 15.5 Å². The van der Waals surface area contributed by atoms with Crippen LogP contribution in [-0.2, 0) is 6.42 Å². The van der Waals surface area contributed by atoms with Crippen molar-refractivity contribution in [1.29, 1.82) is 0 Å². The van der Waals surface area contributed by atoms with Crippen LogP contribution in [0.15, 0.2) is 42.5 Å². The molecule has 0 bridgehead atoms. The number of carbonyl (C=O) groups excluding carboxylic acids is 1. The highest BCUT2D eigenvalue weighted by molar-refractivity contribution is 6.06. The van der Waals surface area contributed by atoms with Crippen LogP contribution in [0, 0.1) is 5.82 Å². The molecule has 2 aromatic carbocycles. The Morgan fingerprint density at radius 3 is 2.45 bits per heavy atom. The van der Waals surface area contributed by atoms with Crippen LogP contribution in [0.5, 0.6) is 5.75 Å². The normalized spacial score (nSPS) is 10.3. The standard InChI is InChI=1S/C15H14FNO3/c16-12-2-1-3-13(19)14(12)15(20)17-11-6-4-10(5-7-11)8-9-18/h1-7,18-19H,8-9H2,(H,17,20). The van der Waals surface area contributed by atoms with Crippen molar-refractivity contribution in [2.24, 2.45) is 0 Å². The van der Waals surface area contributed by atoms with Gasteiger partial charge in [0, 0.05) is 12.3 Å². The molecule has 3 N–H and O–H groups in total. The highest BCUT2D eigenvalue weighted by Crippen LogP contribution is 2.21. The van der Waals surface area contributed by atoms with Gasteiger partial charge >= 0.3 is 0 Å². The van der Waals surface area contributed by atoms with Gasteiger partial charge in [-0.1, -0.05) is 18.2 Å². The van der Waals surface area contributed by atoms with Crippen molar-refractivity contribution < 1.29 is 19.4 Å². The van der Waals surface area contributed by atoms with E-state index < -0.39 is 17.5 Å². The minimum absolute atomic E-state index is 0.0504. The van der Waals surface area contributed by atoms with Crippen LogP contribution in [-0.4, -0.2) is 22.7 Å². The smallest absolute Gasteiger partial charge is 0.262 e. The van der Waals surface area contributed by atoms with Gasteiger partial charge in [-0.15, -0.1) is 0 Å². The number of rotatable bonds is 4. The molecule has 0 aliphatic carbocycles. The van der Waals surface area contributed by atoms with Crippen molar-refractivity contribution in [1.82, 2.24) is 0 Å². The Morgan fingerprint density at radius 1 is 1.15 bits per heavy atom. The molecule has 0 saturated heterocycles. The predicted molar refractivity (Wildman–Crippen MR) is 73.2 cm³/mol. The van der Waals surface area contributed by atoms with E-state index in [4.69, 9.17) is 5.11 Å². The Hall–Kier alpha value is -2.40. The summed E-state index contributed by atoms with van der Waals surface area (Å²) in [5, 5.41) is 20.8. The Kier molecular flexibility index (Phi) is 4.32. The first-order chi connectivity index (χ1) is 9.61. The maximum Gasteiger partial charge on any atom is 0.262 e. The van der Waals surface area contributed by atoms with Crippen molar-refractivity contribution in [2.75, 3.05) is 11.9 Å². The number of benzene rings is 2. The zero-order chi connectivity index (χ0) is 14.5. The van der Waals surface area contributed by atoms with Gasteiger partial charge in [-0.2, -0.15) is 0 Å². The number of hydrogen-bond acceptors (Lipinski definition) is 3. The van der Waals surface area contributed by atoms with Crippen LogP contribution >= 0.6 is 0 Å². The maximum absolute atomic E-state index is 13.5. The van der Waals surface area contributed by atoms with E-state index in [2.05, 4.69) is 5.32 Å². The van der Waals surface area contributed by atoms with Crippen LogP contribution in [0.4, 0.5) is 10.1 Å². The monoisotopic (exact) mass is 275 g/mol. The summed E-state index contributed by atoms with van der Waals surface area (Å²) < 4.78 is 13.5. The molecule has 20 heavy (non-hydrogen) atoms. The van der Waals surface area contributed by atoms with E-state index in [1.54, 1.807) is 24.3 Å². The van der Waals surface area contributed by atoms with E-state index in [0.29, 0.717) is 12.1 Å². The Bertz CT molecular complexity index is 591. The van der Waals surface area contributed by atoms with Gasteiger partial charge in [0.25, 0.3) is 5.91 Å². The van der Waals surface area contributed by atoms with Gasteiger partial charge in [-0.25, -0.2) is 4.39 Å². The fourth-order valence-electron chi connectivity index (χ4n) is 1.81. The molecular formula is C15H14FNO3. The van der Waals surface area contributed by atoms with Crippen LogP contribution in [0.3, 0.4) is 0 Å². The quantitative estimate of drug-likeness (QED) is 0.802. The largest absolute Gasteiger partial charge is 0.507 e. The first-order valence-electron chi connectivity index (χ1n) is 6.10. The number of phenolic OH excluding ortho intramolecular Hbond substituents is 1. The lowest BCUT2D eigenvalue weighted by atomic mass is 10.1. The van der Waals surface area contributed by atoms with E-state index in [1.165, 1.54) is 12.1 Å². The number of carbonyl (C=O) groups is 1. The second-order valence-electron chi connectivity index (χ2n) is 4.26. The number of anilines is 1. The minimum Gasteiger partial charge on any atom is -0.507 e. The van der Waals surface area contributed by atoms with E-state index in [1.807, 2.05) is 0 Å². The van der Waals surface area contributed by atoms with E-state index in [9.17, 15) is 14.3 Å². The molecule has 0 unspecified atom stereocenters. The average molecular weight is 275 g/mol. The molecule has 0 aliphatic heterocycles. The van der Waals surface area contributed by atoms with E-state index in [0.717, 1.165) is 11.6 Å². The van der Waals surface area contributed by atoms with Crippen LogP contribution in [0.1, 0.15) is 15.9 Å². The van der Waals surface area contributed by atoms with Crippen molar-refractivity contribution in [3.8, 4) is 5.75 Å². The van der Waals surface area contributed by atoms with Gasteiger partial charge in [0.05, 0.1) is 0 Å². The summed E-state index contributed by atoms with van der Waals surface area (Å²) in [6.07, 6.45) is 0.530. The molecule has 2 rings (SSSR count). The molecule has 5 heteroatoms. The number of aliphatic hydroxyl groups is 1. The lowest BCUT2D eigenvalue weighted by Crippen LogP contribution is -2.14. The van der Waals surface area contributed by atoms with E-state index in [-0.39, 0.29) is 12.2 Å². The van der Waals surface area contributed by atoms with Crippen molar-refractivity contribution >= 4 is 11.6 Å². The lowest BCUT2D eigenvalue weighted by Gasteiger charge is -2.08. The summed E-state index contributed by atoms with van der Waals surface area (Å²) in [6.45, 7) is 0.0504. The summed E-state index contributed by atoms with van der Waals surface area (Å²) in [6, 6.07) is 10.5. The zero-order valence-electron chi connectivity index (χ0n) is 10.6. The molecule has 104 valence electrons. The number of hydrogen-bond donors (Lipinski definition) is 3. The molecule has 4 nitrogen and oxygen atoms in total. The average Bonchev–Trinajstić information content (AvgIpc) is 2.41. The number of aliphatic hydroxyl groups excluding tert-OH is 1. The predicted octanol–water partition coefficient (Wildman–Crippen LogP) is 2.32. The van der Waals surface area contributed by atoms with Gasteiger partial charge in [-0.3, -0.25) is 4.79 Å². The minimum atomic E-state index is -0.778. The third kappa shape index (κ3) is 3.13. The SMILES string of the molecule is O=C(Nc1ccc(CCO)cc1)c1c(O)cccc1F. The molecule has 0 aliphatic rings. The molecule has 0 aromatic heterocycles. The molecule has 1 amide bonds. The second-order valence-corrected chi connectivity index (χ2v) is 4.26. The first-order valence-corrected chi connectivity index (χ1v) is 6.10. The highest BCUT2D eigenvalue weighted by atomic mass is 19.1. The summed E-state index contributed by atoms with van der Waals surface area (Å²) >= 11 is 0. The number of aromatic hydroxyl groups is 1. The molecule has 0 atom stereocenters. The number of halogens is 1. The summed E-state index contributed by atoms with van der Waals surface area (Å²) in [5.41, 5.74) is 1.03. The number of phenols is 1. The molecule has 0 saturated carbocycles. The van der Waals surface area contributed by atoms with Gasteiger partial charge in [0.1, 0.15) is 17.1 Å². The third-order valence-corrected chi connectivity index (χ3v) is 2.83. The molecule has 0 heterocycles. The van der Waals surface area contributed by atoms with Crippen LogP contribution in [0.25, 0.3) is 0 Å². The van der Waals surface area contributed by atoms with Crippen LogP contribution < -0.4 is 5.32 Å². The number of nitrogens with one attached hydrogen (secondary N) is 1. The highest BCUT2D eigenvalue weighted by Gasteiger charge is 2.16. The second kappa shape index (κ2) is 6.16. The third-order valence-electron chi connectivity index (χ3n) is 2.83. The first kappa shape index (κ1) is 14.0. The van der Waals surface area contributed by atoms with Gasteiger partial charge in [-0.05, 0) is 36.2 Å². The van der Waals surface area contributed by atoms with Crippen molar-refractivity contribution in [2.45, 2.75) is 6.42 Å². The fourth-order valence-corrected chi connectivity index (χ4v) is 1.81. The number of amides is 1. The van der Waals surface area contributed by atoms with Gasteiger partial charge in [0.15, 0.2) is 0 Å². The van der Waals surface area contributed by atoms with Crippen molar-refractivity contribution in [3.05, 3.63) is 59.4 Å². The topological polar surface area (TPSA) is 69.6 Å². The van der Waals surface area contributed by atoms with Gasteiger partial charge in [0.2, 0.25) is 0 Å². The zero-order valence-corrected chi connectivity index (χ0v) is 10.6. The molecule has 0 fully saturated rings. The molecule has 0 spiro atoms. The summed E-state index contributed by atoms with van der Waals surface area (Å²) in [4.78, 5) is 11.9. The van der Waals surface area contributed by atoms with Crippen molar-refractivity contribution in [3.63, 3.8) is 0 Å². The van der Waals surface area contributed by atoms with E-state index >= 15 is 0 Å². The molecule has 0 radical (unpaired) electrons. The molecule has 2 aromatic rings. The fraction of sp³-hybridized carbons (Fsp3) is 0.133. The van der Waals surface area contributed by atoms with Crippen LogP contribution in [0.2, 0.25) is 0 Å². The molecular weight excluding hydrogens is 261 g/mol. The summed E-state index contributed by atoms with van der Waals surface area (Å²) in [7, 11) is 0. The Labute approximate surface area is 115 Å². The maximum atomic E-state index is 13.5. The Balaban J connectivity index is 2.15.